The molecular formula is C8H14N2O. The van der Waals surface area contributed by atoms with Gasteiger partial charge >= 0.3 is 0 Å². The highest BCUT2D eigenvalue weighted by Gasteiger charge is 2.16. The summed E-state index contributed by atoms with van der Waals surface area (Å²) in [6.45, 7) is 4.24. The minimum absolute atomic E-state index is 0.0829. The van der Waals surface area contributed by atoms with Gasteiger partial charge in [0.1, 0.15) is 5.76 Å². The van der Waals surface area contributed by atoms with E-state index in [0.717, 1.165) is 12.2 Å². The van der Waals surface area contributed by atoms with Crippen LogP contribution in [0.2, 0.25) is 0 Å². The second-order valence-corrected chi connectivity index (χ2v) is 3.28. The second kappa shape index (κ2) is 3.05. The standard InChI is InChI=1S/C8H14N2O/c1-8(2,9-3)4-7-5-10-6-11-7/h5-6,9H,4H2,1-3H3. The first kappa shape index (κ1) is 8.27. The Hall–Kier alpha value is -0.830. The molecule has 0 aliphatic carbocycles. The van der Waals surface area contributed by atoms with E-state index in [9.17, 15) is 0 Å². The fraction of sp³-hybridized carbons (Fsp3) is 0.625. The van der Waals surface area contributed by atoms with Gasteiger partial charge in [-0.1, -0.05) is 0 Å². The van der Waals surface area contributed by atoms with E-state index in [2.05, 4.69) is 24.1 Å². The summed E-state index contributed by atoms with van der Waals surface area (Å²) < 4.78 is 5.12. The van der Waals surface area contributed by atoms with Crippen LogP contribution in [0.3, 0.4) is 0 Å². The van der Waals surface area contributed by atoms with E-state index in [1.807, 2.05) is 7.05 Å². The van der Waals surface area contributed by atoms with E-state index in [1.165, 1.54) is 6.39 Å². The molecule has 0 spiro atoms. The fourth-order valence-corrected chi connectivity index (χ4v) is 0.853. The molecule has 0 aliphatic heterocycles. The van der Waals surface area contributed by atoms with E-state index in [4.69, 9.17) is 4.42 Å². The first-order valence-corrected chi connectivity index (χ1v) is 3.70. The van der Waals surface area contributed by atoms with Crippen molar-refractivity contribution in [3.63, 3.8) is 0 Å². The van der Waals surface area contributed by atoms with Crippen LogP contribution in [0.15, 0.2) is 17.0 Å². The van der Waals surface area contributed by atoms with E-state index < -0.39 is 0 Å². The minimum Gasteiger partial charge on any atom is -0.448 e. The van der Waals surface area contributed by atoms with Crippen LogP contribution in [0.4, 0.5) is 0 Å². The highest BCUT2D eigenvalue weighted by atomic mass is 16.3. The molecule has 0 saturated carbocycles. The molecule has 1 aromatic rings. The quantitative estimate of drug-likeness (QED) is 0.711. The van der Waals surface area contributed by atoms with Gasteiger partial charge < -0.3 is 9.73 Å². The third-order valence-corrected chi connectivity index (χ3v) is 1.78. The maximum Gasteiger partial charge on any atom is 0.180 e. The van der Waals surface area contributed by atoms with Crippen LogP contribution < -0.4 is 5.32 Å². The van der Waals surface area contributed by atoms with Gasteiger partial charge in [0.2, 0.25) is 0 Å². The normalized spacial score (nSPS) is 11.9. The maximum absolute atomic E-state index is 5.12. The van der Waals surface area contributed by atoms with Gasteiger partial charge in [-0.05, 0) is 20.9 Å². The monoisotopic (exact) mass is 154 g/mol. The van der Waals surface area contributed by atoms with Crippen molar-refractivity contribution in [1.29, 1.82) is 0 Å². The largest absolute Gasteiger partial charge is 0.448 e. The molecule has 3 nitrogen and oxygen atoms in total. The lowest BCUT2D eigenvalue weighted by Gasteiger charge is -2.21. The number of aromatic nitrogens is 1. The fourth-order valence-electron chi connectivity index (χ4n) is 0.853. The Morgan fingerprint density at radius 2 is 2.36 bits per heavy atom. The summed E-state index contributed by atoms with van der Waals surface area (Å²) in [7, 11) is 1.94. The van der Waals surface area contributed by atoms with Gasteiger partial charge in [0.15, 0.2) is 6.39 Å². The Labute approximate surface area is 66.8 Å². The summed E-state index contributed by atoms with van der Waals surface area (Å²) in [5.74, 6) is 0.921. The SMILES string of the molecule is CNC(C)(C)Cc1cnco1. The van der Waals surface area contributed by atoms with Crippen molar-refractivity contribution in [2.45, 2.75) is 25.8 Å². The summed E-state index contributed by atoms with van der Waals surface area (Å²) in [6.07, 6.45) is 4.07. The molecule has 0 saturated heterocycles. The molecule has 62 valence electrons. The Bertz CT molecular complexity index is 204. The molecule has 1 heterocycles. The van der Waals surface area contributed by atoms with Crippen LogP contribution >= 0.6 is 0 Å². The van der Waals surface area contributed by atoms with Crippen molar-refractivity contribution >= 4 is 0 Å². The van der Waals surface area contributed by atoms with E-state index in [0.29, 0.717) is 0 Å². The number of nitrogens with zero attached hydrogens (tertiary/aromatic N) is 1. The third-order valence-electron chi connectivity index (χ3n) is 1.78. The van der Waals surface area contributed by atoms with E-state index in [-0.39, 0.29) is 5.54 Å². The van der Waals surface area contributed by atoms with Crippen molar-refractivity contribution in [3.05, 3.63) is 18.4 Å². The molecule has 0 bridgehead atoms. The maximum atomic E-state index is 5.12. The summed E-state index contributed by atoms with van der Waals surface area (Å²) in [5, 5.41) is 3.19. The first-order chi connectivity index (χ1) is 5.14. The van der Waals surface area contributed by atoms with E-state index >= 15 is 0 Å². The van der Waals surface area contributed by atoms with Crippen LogP contribution in [0, 0.1) is 0 Å². The van der Waals surface area contributed by atoms with Crippen LogP contribution in [0.25, 0.3) is 0 Å². The van der Waals surface area contributed by atoms with E-state index in [1.54, 1.807) is 6.20 Å². The van der Waals surface area contributed by atoms with Crippen molar-refractivity contribution in [3.8, 4) is 0 Å². The number of hydrogen-bond acceptors (Lipinski definition) is 3. The molecule has 11 heavy (non-hydrogen) atoms. The van der Waals surface area contributed by atoms with Crippen LogP contribution in [-0.4, -0.2) is 17.6 Å². The number of oxazole rings is 1. The summed E-state index contributed by atoms with van der Waals surface area (Å²) in [5.41, 5.74) is 0.0829. The zero-order chi connectivity index (χ0) is 8.32. The molecule has 1 rings (SSSR count). The second-order valence-electron chi connectivity index (χ2n) is 3.28. The van der Waals surface area contributed by atoms with Crippen LogP contribution in [0.5, 0.6) is 0 Å². The molecule has 0 fully saturated rings. The molecule has 0 aliphatic rings. The number of likely N-dealkylation sites (N-methyl/N-ethyl adjacent to an activating group) is 1. The van der Waals surface area contributed by atoms with Crippen molar-refractivity contribution in [2.75, 3.05) is 7.05 Å². The highest BCUT2D eigenvalue weighted by Crippen LogP contribution is 2.10. The van der Waals surface area contributed by atoms with Crippen molar-refractivity contribution < 1.29 is 4.42 Å². The van der Waals surface area contributed by atoms with Crippen LogP contribution in [-0.2, 0) is 6.42 Å². The summed E-state index contributed by atoms with van der Waals surface area (Å²) in [4.78, 5) is 3.85. The Kier molecular flexibility index (Phi) is 2.29. The average Bonchev–Trinajstić information content (AvgIpc) is 2.39. The van der Waals surface area contributed by atoms with Gasteiger partial charge in [0.25, 0.3) is 0 Å². The molecule has 0 atom stereocenters. The number of nitrogens with one attached hydrogen (secondary N) is 1. The lowest BCUT2D eigenvalue weighted by Crippen LogP contribution is -2.38. The molecule has 1 aromatic heterocycles. The molecule has 0 radical (unpaired) electrons. The average molecular weight is 154 g/mol. The lowest BCUT2D eigenvalue weighted by atomic mass is 10.00. The summed E-state index contributed by atoms with van der Waals surface area (Å²) >= 11 is 0. The van der Waals surface area contributed by atoms with Gasteiger partial charge in [-0.2, -0.15) is 0 Å². The minimum atomic E-state index is 0.0829. The third kappa shape index (κ3) is 2.35. The topological polar surface area (TPSA) is 38.1 Å². The van der Waals surface area contributed by atoms with Gasteiger partial charge in [0.05, 0.1) is 6.20 Å². The highest BCUT2D eigenvalue weighted by molar-refractivity contribution is 4.96. The molecule has 0 aromatic carbocycles. The van der Waals surface area contributed by atoms with Crippen molar-refractivity contribution in [2.24, 2.45) is 0 Å². The number of hydrogen-bond donors (Lipinski definition) is 1. The summed E-state index contributed by atoms with van der Waals surface area (Å²) in [6, 6.07) is 0. The zero-order valence-electron chi connectivity index (χ0n) is 7.22. The molecule has 1 N–H and O–H groups in total. The van der Waals surface area contributed by atoms with Gasteiger partial charge in [-0.25, -0.2) is 4.98 Å². The van der Waals surface area contributed by atoms with Gasteiger partial charge in [0, 0.05) is 12.0 Å². The zero-order valence-corrected chi connectivity index (χ0v) is 7.22. The van der Waals surface area contributed by atoms with Gasteiger partial charge in [-0.3, -0.25) is 0 Å². The lowest BCUT2D eigenvalue weighted by molar-refractivity contribution is 0.376. The van der Waals surface area contributed by atoms with Gasteiger partial charge in [-0.15, -0.1) is 0 Å². The Morgan fingerprint density at radius 1 is 1.64 bits per heavy atom. The molecule has 0 amide bonds. The first-order valence-electron chi connectivity index (χ1n) is 3.70. The predicted octanol–water partition coefficient (Wildman–Crippen LogP) is 1.22. The number of rotatable bonds is 3. The predicted molar refractivity (Wildman–Crippen MR) is 43.3 cm³/mol. The van der Waals surface area contributed by atoms with Crippen LogP contribution in [0.1, 0.15) is 19.6 Å². The molecule has 0 unspecified atom stereocenters. The Morgan fingerprint density at radius 3 is 2.82 bits per heavy atom. The van der Waals surface area contributed by atoms with Crippen molar-refractivity contribution in [1.82, 2.24) is 10.3 Å². The smallest absolute Gasteiger partial charge is 0.180 e. The molecular weight excluding hydrogens is 140 g/mol. The molecule has 3 heteroatoms. The Balaban J connectivity index is 2.56.